The molecule has 0 fully saturated rings. The molecule has 38 heavy (non-hydrogen) atoms. The van der Waals surface area contributed by atoms with Crippen molar-refractivity contribution in [3.63, 3.8) is 0 Å². The van der Waals surface area contributed by atoms with Gasteiger partial charge in [-0.1, -0.05) is 53.1 Å². The van der Waals surface area contributed by atoms with E-state index in [9.17, 15) is 8.78 Å². The molecule has 3 rings (SSSR count). The molecule has 4 heteroatoms. The fraction of sp³-hybridized carbons (Fsp3) is 0.412. The Kier molecular flexibility index (Phi) is 10.3. The van der Waals surface area contributed by atoms with Crippen LogP contribution < -0.4 is 0 Å². The molecule has 0 unspecified atom stereocenters. The minimum absolute atomic E-state index is 0.421. The Morgan fingerprint density at radius 2 is 1.24 bits per heavy atom. The monoisotopic (exact) mass is 519 g/mol. The summed E-state index contributed by atoms with van der Waals surface area (Å²) in [7, 11) is 0. The van der Waals surface area contributed by atoms with E-state index in [0.29, 0.717) is 12.1 Å². The van der Waals surface area contributed by atoms with Gasteiger partial charge in [-0.2, -0.15) is 0 Å². The van der Waals surface area contributed by atoms with Crippen molar-refractivity contribution in [1.82, 2.24) is 4.90 Å². The van der Waals surface area contributed by atoms with Crippen LogP contribution in [0.2, 0.25) is 0 Å². The van der Waals surface area contributed by atoms with E-state index in [4.69, 9.17) is 0 Å². The lowest BCUT2D eigenvalue weighted by molar-refractivity contribution is -0.938. The fourth-order valence-electron chi connectivity index (χ4n) is 5.70. The third kappa shape index (κ3) is 8.26. The van der Waals surface area contributed by atoms with Crippen LogP contribution in [-0.4, -0.2) is 35.6 Å². The molecule has 0 N–H and O–H groups in total. The number of nitrogens with zero attached hydrogens (tertiary/aromatic N) is 2. The third-order valence-electron chi connectivity index (χ3n) is 7.68. The van der Waals surface area contributed by atoms with E-state index in [-0.39, 0.29) is 0 Å². The molecule has 0 saturated heterocycles. The van der Waals surface area contributed by atoms with Crippen molar-refractivity contribution in [1.29, 1.82) is 0 Å². The number of hydrogen-bond donors (Lipinski definition) is 0. The second-order valence-electron chi connectivity index (χ2n) is 11.1. The number of aryl methyl sites for hydroxylation is 4. The SMILES string of the molecule is C=C(c1cc(C)cc(C)c1)N(CCCC[N+](CC)(CC)Cc1cc(C)cc(C)c1)Cc1cc(F)cc(F)c1. The van der Waals surface area contributed by atoms with Crippen LogP contribution in [0.1, 0.15) is 65.6 Å². The summed E-state index contributed by atoms with van der Waals surface area (Å²) in [6, 6.07) is 17.1. The van der Waals surface area contributed by atoms with Crippen LogP contribution in [0.25, 0.3) is 5.70 Å². The maximum absolute atomic E-state index is 14.0. The van der Waals surface area contributed by atoms with Gasteiger partial charge in [0.25, 0.3) is 0 Å². The topological polar surface area (TPSA) is 3.24 Å². The highest BCUT2D eigenvalue weighted by atomic mass is 19.1. The van der Waals surface area contributed by atoms with Crippen molar-refractivity contribution >= 4 is 5.70 Å². The zero-order chi connectivity index (χ0) is 27.9. The lowest BCUT2D eigenvalue weighted by Crippen LogP contribution is -2.47. The maximum Gasteiger partial charge on any atom is 0.126 e. The van der Waals surface area contributed by atoms with Gasteiger partial charge >= 0.3 is 0 Å². The quantitative estimate of drug-likeness (QED) is 0.162. The van der Waals surface area contributed by atoms with Gasteiger partial charge in [0.15, 0.2) is 0 Å². The minimum Gasteiger partial charge on any atom is -0.367 e. The van der Waals surface area contributed by atoms with Gasteiger partial charge in [-0.3, -0.25) is 0 Å². The van der Waals surface area contributed by atoms with Crippen LogP contribution in [0.15, 0.2) is 61.2 Å². The average molecular weight is 520 g/mol. The smallest absolute Gasteiger partial charge is 0.126 e. The van der Waals surface area contributed by atoms with Gasteiger partial charge < -0.3 is 9.38 Å². The van der Waals surface area contributed by atoms with Gasteiger partial charge in [-0.15, -0.1) is 0 Å². The molecule has 3 aromatic carbocycles. The van der Waals surface area contributed by atoms with Crippen LogP contribution in [0.4, 0.5) is 8.78 Å². The van der Waals surface area contributed by atoms with Crippen molar-refractivity contribution < 1.29 is 13.3 Å². The molecule has 204 valence electrons. The summed E-state index contributed by atoms with van der Waals surface area (Å²) < 4.78 is 29.0. The van der Waals surface area contributed by atoms with Crippen molar-refractivity contribution in [3.8, 4) is 0 Å². The highest BCUT2D eigenvalue weighted by Gasteiger charge is 2.24. The highest BCUT2D eigenvalue weighted by molar-refractivity contribution is 5.63. The molecule has 0 aliphatic rings. The molecule has 0 spiro atoms. The normalized spacial score (nSPS) is 11.6. The molecule has 0 saturated carbocycles. The number of halogens is 2. The van der Waals surface area contributed by atoms with E-state index in [1.807, 2.05) is 0 Å². The second-order valence-corrected chi connectivity index (χ2v) is 11.1. The fourth-order valence-corrected chi connectivity index (χ4v) is 5.70. The van der Waals surface area contributed by atoms with Crippen molar-refractivity contribution in [2.45, 2.75) is 67.5 Å². The molecule has 0 aliphatic heterocycles. The standard InChI is InChI=1S/C34H45F2N2/c1-8-38(9-2,24-31-16-25(3)14-26(4)17-31)13-11-10-12-37(23-30-20-33(35)22-34(36)21-30)29(7)32-18-27(5)15-28(6)19-32/h14-22H,7-13,23-24H2,1-6H3/q+1. The van der Waals surface area contributed by atoms with Gasteiger partial charge in [0, 0.05) is 30.4 Å². The van der Waals surface area contributed by atoms with E-state index < -0.39 is 11.6 Å². The Hall–Kier alpha value is -2.98. The Bertz CT molecular complexity index is 1180. The first kappa shape index (κ1) is 29.6. The molecule has 0 bridgehead atoms. The Morgan fingerprint density at radius 1 is 0.711 bits per heavy atom. The van der Waals surface area contributed by atoms with E-state index in [0.717, 1.165) is 67.4 Å². The van der Waals surface area contributed by atoms with Crippen LogP contribution in [0, 0.1) is 39.3 Å². The summed E-state index contributed by atoms with van der Waals surface area (Å²) in [5.41, 5.74) is 8.97. The van der Waals surface area contributed by atoms with E-state index >= 15 is 0 Å². The average Bonchev–Trinajstić information content (AvgIpc) is 2.83. The van der Waals surface area contributed by atoms with E-state index in [1.165, 1.54) is 39.9 Å². The predicted octanol–water partition coefficient (Wildman–Crippen LogP) is 8.51. The first-order valence-electron chi connectivity index (χ1n) is 13.9. The molecule has 0 atom stereocenters. The summed E-state index contributed by atoms with van der Waals surface area (Å²) >= 11 is 0. The molecule has 2 nitrogen and oxygen atoms in total. The number of rotatable bonds is 13. The van der Waals surface area contributed by atoms with Crippen LogP contribution in [0.3, 0.4) is 0 Å². The van der Waals surface area contributed by atoms with Crippen LogP contribution in [-0.2, 0) is 13.1 Å². The van der Waals surface area contributed by atoms with Gasteiger partial charge in [0.1, 0.15) is 18.2 Å². The molecule has 0 amide bonds. The second kappa shape index (κ2) is 13.2. The number of benzene rings is 3. The van der Waals surface area contributed by atoms with Crippen LogP contribution >= 0.6 is 0 Å². The Morgan fingerprint density at radius 3 is 1.76 bits per heavy atom. The lowest BCUT2D eigenvalue weighted by Gasteiger charge is -2.37. The first-order chi connectivity index (χ1) is 18.0. The third-order valence-corrected chi connectivity index (χ3v) is 7.68. The summed E-state index contributed by atoms with van der Waals surface area (Å²) in [6.07, 6.45) is 2.05. The molecule has 3 aromatic rings. The molecular formula is C34H45F2N2+. The predicted molar refractivity (Wildman–Crippen MR) is 157 cm³/mol. The largest absolute Gasteiger partial charge is 0.367 e. The molecule has 0 aromatic heterocycles. The number of hydrogen-bond acceptors (Lipinski definition) is 1. The zero-order valence-electron chi connectivity index (χ0n) is 24.2. The van der Waals surface area contributed by atoms with Crippen molar-refractivity contribution in [2.75, 3.05) is 26.2 Å². The van der Waals surface area contributed by atoms with Gasteiger partial charge in [0.05, 0.1) is 19.6 Å². The van der Waals surface area contributed by atoms with E-state index in [2.05, 4.69) is 89.4 Å². The van der Waals surface area contributed by atoms with Gasteiger partial charge in [-0.05, 0) is 89.8 Å². The lowest BCUT2D eigenvalue weighted by atomic mass is 10.0. The van der Waals surface area contributed by atoms with Crippen molar-refractivity contribution in [2.24, 2.45) is 0 Å². The van der Waals surface area contributed by atoms with Gasteiger partial charge in [-0.25, -0.2) is 8.78 Å². The summed E-state index contributed by atoms with van der Waals surface area (Å²) in [6.45, 7) is 23.0. The maximum atomic E-state index is 14.0. The molecule has 0 aliphatic carbocycles. The zero-order valence-corrected chi connectivity index (χ0v) is 24.2. The number of quaternary nitrogens is 1. The Labute approximate surface area is 229 Å². The number of unbranched alkanes of at least 4 members (excludes halogenated alkanes) is 1. The summed E-state index contributed by atoms with van der Waals surface area (Å²) in [4.78, 5) is 2.18. The molecule has 0 heterocycles. The Balaban J connectivity index is 1.74. The molecule has 0 radical (unpaired) electrons. The van der Waals surface area contributed by atoms with Crippen LogP contribution in [0.5, 0.6) is 0 Å². The van der Waals surface area contributed by atoms with Crippen molar-refractivity contribution in [3.05, 3.63) is 112 Å². The molecular weight excluding hydrogens is 474 g/mol. The first-order valence-corrected chi connectivity index (χ1v) is 13.9. The van der Waals surface area contributed by atoms with Gasteiger partial charge in [0.2, 0.25) is 0 Å². The summed E-state index contributed by atoms with van der Waals surface area (Å²) in [5, 5.41) is 0. The summed E-state index contributed by atoms with van der Waals surface area (Å²) in [5.74, 6) is -1.09. The minimum atomic E-state index is -0.545. The highest BCUT2D eigenvalue weighted by Crippen LogP contribution is 2.25. The van der Waals surface area contributed by atoms with E-state index in [1.54, 1.807) is 0 Å².